The summed E-state index contributed by atoms with van der Waals surface area (Å²) >= 11 is 0. The minimum Gasteiger partial charge on any atom is -0.464 e. The van der Waals surface area contributed by atoms with Gasteiger partial charge in [-0.15, -0.1) is 0 Å². The summed E-state index contributed by atoms with van der Waals surface area (Å²) < 4.78 is 5.50. The largest absolute Gasteiger partial charge is 0.464 e. The Morgan fingerprint density at radius 2 is 2.22 bits per heavy atom. The fourth-order valence-corrected chi connectivity index (χ4v) is 2.04. The highest BCUT2D eigenvalue weighted by atomic mass is 16.3. The Hall–Kier alpha value is -2.07. The highest BCUT2D eigenvalue weighted by molar-refractivity contribution is 5.80. The fraction of sp³-hybridized carbons (Fsp3) is 0.214. The van der Waals surface area contributed by atoms with Crippen LogP contribution < -0.4 is 5.32 Å². The average Bonchev–Trinajstić information content (AvgIpc) is 3.04. The number of nitrogens with one attached hydrogen (secondary N) is 2. The van der Waals surface area contributed by atoms with Crippen molar-refractivity contribution in [1.82, 2.24) is 15.3 Å². The Morgan fingerprint density at radius 3 is 3.11 bits per heavy atom. The van der Waals surface area contributed by atoms with Crippen LogP contribution in [0.15, 0.2) is 47.5 Å². The zero-order chi connectivity index (χ0) is 12.2. The molecule has 92 valence electrons. The van der Waals surface area contributed by atoms with Crippen LogP contribution in [0.3, 0.4) is 0 Å². The zero-order valence-corrected chi connectivity index (χ0v) is 10.0. The highest BCUT2D eigenvalue weighted by Crippen LogP contribution is 2.20. The number of furan rings is 1. The minimum absolute atomic E-state index is 0.825. The molecular formula is C14H15N3O. The third kappa shape index (κ3) is 2.28. The van der Waals surface area contributed by atoms with Gasteiger partial charge in [0.15, 0.2) is 0 Å². The van der Waals surface area contributed by atoms with Crippen LogP contribution in [0.4, 0.5) is 0 Å². The van der Waals surface area contributed by atoms with Gasteiger partial charge in [0, 0.05) is 42.4 Å². The topological polar surface area (TPSA) is 53.9 Å². The molecule has 0 atom stereocenters. The van der Waals surface area contributed by atoms with Crippen molar-refractivity contribution >= 4 is 11.0 Å². The van der Waals surface area contributed by atoms with Crippen LogP contribution in [0.1, 0.15) is 11.3 Å². The van der Waals surface area contributed by atoms with Crippen molar-refractivity contribution in [3.05, 3.63) is 54.3 Å². The summed E-state index contributed by atoms with van der Waals surface area (Å²) in [5.41, 5.74) is 3.30. The molecule has 2 aromatic heterocycles. The first-order valence-electron chi connectivity index (χ1n) is 6.06. The van der Waals surface area contributed by atoms with Crippen LogP contribution in [0.25, 0.3) is 11.0 Å². The number of aromatic amines is 1. The normalized spacial score (nSPS) is 11.1. The van der Waals surface area contributed by atoms with Gasteiger partial charge < -0.3 is 14.7 Å². The van der Waals surface area contributed by atoms with E-state index in [2.05, 4.69) is 21.4 Å². The van der Waals surface area contributed by atoms with Crippen molar-refractivity contribution in [1.29, 1.82) is 0 Å². The third-order valence-electron chi connectivity index (χ3n) is 3.00. The molecule has 0 saturated heterocycles. The fourth-order valence-electron chi connectivity index (χ4n) is 2.04. The number of benzene rings is 1. The quantitative estimate of drug-likeness (QED) is 0.675. The summed E-state index contributed by atoms with van der Waals surface area (Å²) in [7, 11) is 0. The summed E-state index contributed by atoms with van der Waals surface area (Å²) in [6.07, 6.45) is 6.34. The molecule has 2 N–H and O–H groups in total. The summed E-state index contributed by atoms with van der Waals surface area (Å²) in [6, 6.07) is 8.10. The molecule has 0 amide bonds. The van der Waals surface area contributed by atoms with E-state index < -0.39 is 0 Å². The van der Waals surface area contributed by atoms with Crippen LogP contribution in [0.2, 0.25) is 0 Å². The van der Waals surface area contributed by atoms with Crippen LogP contribution in [-0.2, 0) is 13.0 Å². The predicted octanol–water partition coefficient (Wildman–Crippen LogP) is 2.49. The zero-order valence-electron chi connectivity index (χ0n) is 10.0. The molecule has 1 aromatic carbocycles. The van der Waals surface area contributed by atoms with Crippen molar-refractivity contribution in [3.8, 4) is 0 Å². The number of hydrogen-bond acceptors (Lipinski definition) is 3. The third-order valence-corrected chi connectivity index (χ3v) is 3.00. The van der Waals surface area contributed by atoms with E-state index in [0.717, 1.165) is 30.8 Å². The van der Waals surface area contributed by atoms with E-state index in [-0.39, 0.29) is 0 Å². The van der Waals surface area contributed by atoms with Crippen molar-refractivity contribution in [2.45, 2.75) is 13.0 Å². The maximum absolute atomic E-state index is 5.50. The lowest BCUT2D eigenvalue weighted by atomic mass is 10.2. The second-order valence-corrected chi connectivity index (χ2v) is 4.26. The van der Waals surface area contributed by atoms with Gasteiger partial charge in [0.25, 0.3) is 0 Å². The first kappa shape index (κ1) is 11.0. The molecule has 0 spiro atoms. The van der Waals surface area contributed by atoms with E-state index in [0.29, 0.717) is 0 Å². The second-order valence-electron chi connectivity index (χ2n) is 4.26. The molecule has 3 rings (SSSR count). The number of rotatable bonds is 5. The lowest BCUT2D eigenvalue weighted by molar-refractivity contribution is 0.602. The Kier molecular flexibility index (Phi) is 3.10. The lowest BCUT2D eigenvalue weighted by Crippen LogP contribution is -2.16. The minimum atomic E-state index is 0.825. The molecule has 0 bridgehead atoms. The van der Waals surface area contributed by atoms with Crippen LogP contribution in [-0.4, -0.2) is 16.5 Å². The number of fused-ring (bicyclic) bond motifs is 1. The molecule has 0 saturated carbocycles. The Labute approximate surface area is 105 Å². The molecule has 4 nitrogen and oxygen atoms in total. The van der Waals surface area contributed by atoms with Gasteiger partial charge in [0.05, 0.1) is 12.6 Å². The lowest BCUT2D eigenvalue weighted by Gasteiger charge is -2.02. The van der Waals surface area contributed by atoms with E-state index in [9.17, 15) is 0 Å². The van der Waals surface area contributed by atoms with Crippen LogP contribution >= 0.6 is 0 Å². The van der Waals surface area contributed by atoms with Crippen molar-refractivity contribution in [2.24, 2.45) is 0 Å². The van der Waals surface area contributed by atoms with Gasteiger partial charge in [-0.1, -0.05) is 18.2 Å². The number of para-hydroxylation sites is 1. The number of aromatic nitrogens is 2. The molecule has 18 heavy (non-hydrogen) atoms. The van der Waals surface area contributed by atoms with E-state index in [1.165, 1.54) is 10.9 Å². The smallest absolute Gasteiger partial charge is 0.134 e. The van der Waals surface area contributed by atoms with Gasteiger partial charge in [-0.25, -0.2) is 4.98 Å². The van der Waals surface area contributed by atoms with E-state index in [1.54, 1.807) is 6.33 Å². The van der Waals surface area contributed by atoms with Crippen LogP contribution in [0.5, 0.6) is 0 Å². The Bertz CT molecular complexity index is 613. The summed E-state index contributed by atoms with van der Waals surface area (Å²) in [6.45, 7) is 1.74. The Morgan fingerprint density at radius 1 is 1.28 bits per heavy atom. The van der Waals surface area contributed by atoms with Gasteiger partial charge in [0.2, 0.25) is 0 Å². The summed E-state index contributed by atoms with van der Waals surface area (Å²) in [5, 5.41) is 4.60. The standard InChI is InChI=1S/C14H15N3O/c1-2-4-14-13(3-1)11(9-18-14)7-15-6-5-12-8-16-10-17-12/h1-4,8-10,15H,5-7H2,(H,16,17). The second kappa shape index (κ2) is 5.06. The molecule has 3 aromatic rings. The van der Waals surface area contributed by atoms with Gasteiger partial charge in [-0.2, -0.15) is 0 Å². The maximum Gasteiger partial charge on any atom is 0.134 e. The van der Waals surface area contributed by atoms with Gasteiger partial charge in [0.1, 0.15) is 5.58 Å². The number of H-pyrrole nitrogens is 1. The first-order valence-corrected chi connectivity index (χ1v) is 6.06. The summed E-state index contributed by atoms with van der Waals surface area (Å²) in [4.78, 5) is 7.08. The molecule has 0 aliphatic carbocycles. The van der Waals surface area contributed by atoms with Gasteiger partial charge >= 0.3 is 0 Å². The molecule has 0 radical (unpaired) electrons. The van der Waals surface area contributed by atoms with E-state index in [4.69, 9.17) is 4.42 Å². The molecule has 0 unspecified atom stereocenters. The summed E-state index contributed by atoms with van der Waals surface area (Å²) in [5.74, 6) is 0. The van der Waals surface area contributed by atoms with Gasteiger partial charge in [-0.3, -0.25) is 0 Å². The van der Waals surface area contributed by atoms with Crippen molar-refractivity contribution in [3.63, 3.8) is 0 Å². The van der Waals surface area contributed by atoms with Gasteiger partial charge in [-0.05, 0) is 6.07 Å². The molecule has 0 aliphatic rings. The maximum atomic E-state index is 5.50. The average molecular weight is 241 g/mol. The number of hydrogen-bond donors (Lipinski definition) is 2. The Balaban J connectivity index is 1.57. The molecule has 0 aliphatic heterocycles. The first-order chi connectivity index (χ1) is 8.93. The number of imidazole rings is 1. The highest BCUT2D eigenvalue weighted by Gasteiger charge is 2.03. The number of nitrogens with zero attached hydrogens (tertiary/aromatic N) is 1. The van der Waals surface area contributed by atoms with E-state index in [1.807, 2.05) is 30.7 Å². The molecule has 0 fully saturated rings. The van der Waals surface area contributed by atoms with Crippen molar-refractivity contribution in [2.75, 3.05) is 6.54 Å². The predicted molar refractivity (Wildman–Crippen MR) is 70.2 cm³/mol. The molecule has 2 heterocycles. The van der Waals surface area contributed by atoms with E-state index >= 15 is 0 Å². The monoisotopic (exact) mass is 241 g/mol. The van der Waals surface area contributed by atoms with Crippen LogP contribution in [0, 0.1) is 0 Å². The molecule has 4 heteroatoms. The van der Waals surface area contributed by atoms with Crippen molar-refractivity contribution < 1.29 is 4.42 Å². The molecular weight excluding hydrogens is 226 g/mol. The SMILES string of the molecule is c1ccc2c(CNCCc3cnc[nH]3)coc2c1.